The van der Waals surface area contributed by atoms with Crippen LogP contribution < -0.4 is 17.2 Å². The van der Waals surface area contributed by atoms with Crippen LogP contribution in [0.2, 0.25) is 0 Å². The van der Waals surface area contributed by atoms with Gasteiger partial charge in [0, 0.05) is 70.6 Å². The van der Waals surface area contributed by atoms with Crippen molar-refractivity contribution in [3.05, 3.63) is 90.3 Å². The van der Waals surface area contributed by atoms with Crippen molar-refractivity contribution in [3.63, 3.8) is 0 Å². The Hall–Kier alpha value is -4.92. The van der Waals surface area contributed by atoms with Gasteiger partial charge in [-0.1, -0.05) is 18.2 Å². The minimum Gasteiger partial charge on any atom is -0.366 e. The summed E-state index contributed by atoms with van der Waals surface area (Å²) in [6.07, 6.45) is 9.03. The maximum Gasteiger partial charge on any atom is 0.250 e. The average Bonchev–Trinajstić information content (AvgIpc) is 2.83. The van der Waals surface area contributed by atoms with Gasteiger partial charge in [0.1, 0.15) is 0 Å². The topological polar surface area (TPSA) is 168 Å². The van der Waals surface area contributed by atoms with Crippen LogP contribution in [0.4, 0.5) is 0 Å². The number of aromatic nitrogens is 3. The van der Waals surface area contributed by atoms with E-state index >= 15 is 0 Å². The summed E-state index contributed by atoms with van der Waals surface area (Å²) in [6.45, 7) is 0. The largest absolute Gasteiger partial charge is 0.366 e. The number of hydrogen-bond donors (Lipinski definition) is 3. The third-order valence-corrected chi connectivity index (χ3v) is 5.09. The number of hydrogen-bond acceptors (Lipinski definition) is 6. The Kier molecular flexibility index (Phi) is 5.60. The highest BCUT2D eigenvalue weighted by atomic mass is 16.2. The van der Waals surface area contributed by atoms with Crippen LogP contribution in [-0.4, -0.2) is 32.7 Å². The van der Waals surface area contributed by atoms with Crippen LogP contribution in [-0.2, 0) is 0 Å². The van der Waals surface area contributed by atoms with E-state index in [1.165, 1.54) is 18.6 Å². The Morgan fingerprint density at radius 3 is 0.970 bits per heavy atom. The predicted molar refractivity (Wildman–Crippen MR) is 122 cm³/mol. The molecule has 9 heteroatoms. The minimum atomic E-state index is -0.879. The Bertz CT molecular complexity index is 1180. The van der Waals surface area contributed by atoms with Gasteiger partial charge in [0.2, 0.25) is 17.7 Å². The summed E-state index contributed by atoms with van der Waals surface area (Å²) < 4.78 is 0. The Labute approximate surface area is 188 Å². The number of primary amides is 3. The molecule has 0 radical (unpaired) electrons. The zero-order chi connectivity index (χ0) is 23.5. The van der Waals surface area contributed by atoms with Gasteiger partial charge in [-0.15, -0.1) is 0 Å². The number of rotatable bonds is 6. The maximum atomic E-state index is 12.9. The second-order valence-corrected chi connectivity index (χ2v) is 7.07. The lowest BCUT2D eigenvalue weighted by molar-refractivity contribution is 0.0999. The van der Waals surface area contributed by atoms with Crippen LogP contribution in [0.25, 0.3) is 33.4 Å². The summed E-state index contributed by atoms with van der Waals surface area (Å²) in [7, 11) is 0. The molecule has 9 nitrogen and oxygen atoms in total. The average molecular weight is 438 g/mol. The Morgan fingerprint density at radius 1 is 0.515 bits per heavy atom. The number of benzene rings is 1. The molecule has 0 spiro atoms. The summed E-state index contributed by atoms with van der Waals surface area (Å²) in [5.41, 5.74) is 18.8. The van der Waals surface area contributed by atoms with Crippen molar-refractivity contribution in [2.75, 3.05) is 0 Å². The monoisotopic (exact) mass is 438 g/mol. The second-order valence-electron chi connectivity index (χ2n) is 7.07. The van der Waals surface area contributed by atoms with Gasteiger partial charge >= 0.3 is 0 Å². The van der Waals surface area contributed by atoms with Gasteiger partial charge in [0.15, 0.2) is 0 Å². The van der Waals surface area contributed by atoms with Crippen molar-refractivity contribution in [1.82, 2.24) is 15.0 Å². The molecule has 4 aromatic rings. The van der Waals surface area contributed by atoms with E-state index in [0.29, 0.717) is 16.7 Å². The van der Waals surface area contributed by atoms with E-state index in [1.807, 2.05) is 0 Å². The van der Waals surface area contributed by atoms with Gasteiger partial charge in [0.05, 0.1) is 16.7 Å². The highest BCUT2D eigenvalue weighted by Crippen LogP contribution is 2.44. The van der Waals surface area contributed by atoms with Crippen LogP contribution in [0.5, 0.6) is 0 Å². The Morgan fingerprint density at radius 2 is 0.788 bits per heavy atom. The van der Waals surface area contributed by atoms with Crippen molar-refractivity contribution in [3.8, 4) is 33.4 Å². The first kappa shape index (κ1) is 21.3. The van der Waals surface area contributed by atoms with Gasteiger partial charge in [-0.25, -0.2) is 0 Å². The van der Waals surface area contributed by atoms with E-state index in [1.54, 1.807) is 55.0 Å². The minimum absolute atomic E-state index is 0.0914. The molecule has 162 valence electrons. The van der Waals surface area contributed by atoms with Crippen molar-refractivity contribution >= 4 is 17.7 Å². The SMILES string of the molecule is NC(=O)c1c(-c2cccnc2)c(C(N)=O)c(-c2cccnc2)c(C(N)=O)c1-c1cccnc1. The van der Waals surface area contributed by atoms with Gasteiger partial charge < -0.3 is 17.2 Å². The van der Waals surface area contributed by atoms with E-state index < -0.39 is 17.7 Å². The molecule has 3 aromatic heterocycles. The van der Waals surface area contributed by atoms with E-state index in [2.05, 4.69) is 15.0 Å². The molecule has 0 saturated carbocycles. The summed E-state index contributed by atoms with van der Waals surface area (Å²) in [6, 6.07) is 9.89. The van der Waals surface area contributed by atoms with Gasteiger partial charge in [-0.05, 0) is 18.2 Å². The van der Waals surface area contributed by atoms with Crippen molar-refractivity contribution < 1.29 is 14.4 Å². The normalized spacial score (nSPS) is 10.5. The number of nitrogens with zero attached hydrogens (tertiary/aromatic N) is 3. The fraction of sp³-hybridized carbons (Fsp3) is 0. The zero-order valence-electron chi connectivity index (χ0n) is 17.2. The van der Waals surface area contributed by atoms with Crippen LogP contribution in [0.3, 0.4) is 0 Å². The molecule has 0 atom stereocenters. The molecule has 1 aromatic carbocycles. The van der Waals surface area contributed by atoms with E-state index in [9.17, 15) is 14.4 Å². The zero-order valence-corrected chi connectivity index (χ0v) is 17.2. The molecule has 0 aliphatic heterocycles. The van der Waals surface area contributed by atoms with Crippen molar-refractivity contribution in [2.45, 2.75) is 0 Å². The first-order chi connectivity index (χ1) is 15.9. The van der Waals surface area contributed by atoms with E-state index in [-0.39, 0.29) is 33.4 Å². The van der Waals surface area contributed by atoms with Gasteiger partial charge in [-0.2, -0.15) is 0 Å². The molecule has 0 aliphatic rings. The summed E-state index contributed by atoms with van der Waals surface area (Å²) in [4.78, 5) is 50.9. The molecule has 6 N–H and O–H groups in total. The Balaban J connectivity index is 2.36. The molecule has 3 amide bonds. The molecule has 3 heterocycles. The van der Waals surface area contributed by atoms with E-state index in [4.69, 9.17) is 17.2 Å². The second kappa shape index (κ2) is 8.67. The highest BCUT2D eigenvalue weighted by Gasteiger charge is 2.33. The van der Waals surface area contributed by atoms with Crippen LogP contribution in [0, 0.1) is 0 Å². The number of amides is 3. The molecule has 0 aliphatic carbocycles. The predicted octanol–water partition coefficient (Wildman–Crippen LogP) is 2.17. The van der Waals surface area contributed by atoms with Crippen LogP contribution in [0.15, 0.2) is 73.6 Å². The number of carbonyl (C=O) groups excluding carboxylic acids is 3. The standard InChI is InChI=1S/C24H18N6O3/c25-22(31)19-16(13-4-1-7-28-10-13)20(23(26)32)18(15-6-3-9-30-12-15)21(24(27)33)17(19)14-5-2-8-29-11-14/h1-12H,(H2,25,31)(H2,26,32)(H2,27,33). The molecule has 4 rings (SSSR count). The highest BCUT2D eigenvalue weighted by molar-refractivity contribution is 6.22. The third kappa shape index (κ3) is 3.79. The van der Waals surface area contributed by atoms with Gasteiger partial charge in [0.25, 0.3) is 0 Å². The molecule has 0 unspecified atom stereocenters. The lowest BCUT2D eigenvalue weighted by atomic mass is 9.79. The third-order valence-electron chi connectivity index (χ3n) is 5.09. The number of nitrogens with two attached hydrogens (primary N) is 3. The molecule has 0 fully saturated rings. The van der Waals surface area contributed by atoms with Crippen molar-refractivity contribution in [2.24, 2.45) is 17.2 Å². The number of carbonyl (C=O) groups is 3. The summed E-state index contributed by atoms with van der Waals surface area (Å²) >= 11 is 0. The quantitative estimate of drug-likeness (QED) is 0.417. The fourth-order valence-corrected chi connectivity index (χ4v) is 3.89. The maximum absolute atomic E-state index is 12.9. The fourth-order valence-electron chi connectivity index (χ4n) is 3.89. The molecular formula is C24H18N6O3. The first-order valence-corrected chi connectivity index (χ1v) is 9.76. The lowest BCUT2D eigenvalue weighted by Gasteiger charge is -2.23. The summed E-state index contributed by atoms with van der Waals surface area (Å²) in [5, 5.41) is 0. The van der Waals surface area contributed by atoms with Crippen molar-refractivity contribution in [1.29, 1.82) is 0 Å². The van der Waals surface area contributed by atoms with E-state index in [0.717, 1.165) is 0 Å². The summed E-state index contributed by atoms with van der Waals surface area (Å²) in [5.74, 6) is -2.64. The van der Waals surface area contributed by atoms with Gasteiger partial charge in [-0.3, -0.25) is 29.3 Å². The number of pyridine rings is 3. The smallest absolute Gasteiger partial charge is 0.250 e. The molecular weight excluding hydrogens is 420 g/mol. The van der Waals surface area contributed by atoms with Crippen LogP contribution in [0.1, 0.15) is 31.1 Å². The molecule has 0 bridgehead atoms. The molecule has 0 saturated heterocycles. The first-order valence-electron chi connectivity index (χ1n) is 9.76. The lowest BCUT2D eigenvalue weighted by Crippen LogP contribution is -2.25. The van der Waals surface area contributed by atoms with Crippen LogP contribution >= 0.6 is 0 Å². The molecule has 33 heavy (non-hydrogen) atoms.